The van der Waals surface area contributed by atoms with Crippen molar-refractivity contribution in [2.45, 2.75) is 5.75 Å². The molecule has 0 saturated heterocycles. The minimum Gasteiger partial charge on any atom is -0.480 e. The van der Waals surface area contributed by atoms with Gasteiger partial charge in [0.2, 0.25) is 5.89 Å². The molecule has 0 aliphatic heterocycles. The second-order valence-electron chi connectivity index (χ2n) is 3.50. The number of hydrogen-bond donors (Lipinski definition) is 1. The van der Waals surface area contributed by atoms with Crippen LogP contribution in [0.3, 0.4) is 0 Å². The van der Waals surface area contributed by atoms with Crippen LogP contribution in [-0.2, 0) is 20.4 Å². The number of benzene rings is 1. The Morgan fingerprint density at radius 3 is 2.71 bits per heavy atom. The lowest BCUT2D eigenvalue weighted by Gasteiger charge is -1.96. The summed E-state index contributed by atoms with van der Waals surface area (Å²) in [7, 11) is -3.74. The Hall–Kier alpha value is -1.89. The Balaban J connectivity index is 2.27. The fourth-order valence-corrected chi connectivity index (χ4v) is 2.39. The maximum absolute atomic E-state index is 11.4. The van der Waals surface area contributed by atoms with Gasteiger partial charge in [0.1, 0.15) is 17.0 Å². The SMILES string of the molecule is O=C(O)CS(=O)(=O)Cc1nc2ccccc2o1. The fourth-order valence-electron chi connectivity index (χ4n) is 1.41. The molecule has 1 aromatic carbocycles. The number of carbonyl (C=O) groups is 1. The van der Waals surface area contributed by atoms with Gasteiger partial charge in [0, 0.05) is 0 Å². The highest BCUT2D eigenvalue weighted by Crippen LogP contribution is 2.16. The van der Waals surface area contributed by atoms with Crippen LogP contribution in [0.2, 0.25) is 0 Å². The zero-order valence-corrected chi connectivity index (χ0v) is 9.48. The van der Waals surface area contributed by atoms with Crippen molar-refractivity contribution >= 4 is 26.9 Å². The molecule has 2 aromatic rings. The second kappa shape index (κ2) is 4.17. The average Bonchev–Trinajstić information content (AvgIpc) is 2.55. The predicted molar refractivity (Wildman–Crippen MR) is 59.1 cm³/mol. The van der Waals surface area contributed by atoms with E-state index in [0.717, 1.165) is 0 Å². The van der Waals surface area contributed by atoms with E-state index in [0.29, 0.717) is 11.1 Å². The summed E-state index contributed by atoms with van der Waals surface area (Å²) in [4.78, 5) is 14.3. The lowest BCUT2D eigenvalue weighted by Crippen LogP contribution is -2.17. The molecule has 0 bridgehead atoms. The van der Waals surface area contributed by atoms with Crippen LogP contribution in [0, 0.1) is 0 Å². The predicted octanol–water partition coefficient (Wildman–Crippen LogP) is 0.827. The van der Waals surface area contributed by atoms with Crippen LogP contribution in [0.4, 0.5) is 0 Å². The van der Waals surface area contributed by atoms with Crippen LogP contribution >= 0.6 is 0 Å². The Morgan fingerprint density at radius 2 is 2.06 bits per heavy atom. The molecule has 2 rings (SSSR count). The quantitative estimate of drug-likeness (QED) is 0.868. The van der Waals surface area contributed by atoms with Crippen molar-refractivity contribution in [3.8, 4) is 0 Å². The number of aromatic nitrogens is 1. The van der Waals surface area contributed by atoms with Crippen LogP contribution < -0.4 is 0 Å². The van der Waals surface area contributed by atoms with Gasteiger partial charge < -0.3 is 9.52 Å². The summed E-state index contributed by atoms with van der Waals surface area (Å²) >= 11 is 0. The van der Waals surface area contributed by atoms with E-state index in [2.05, 4.69) is 4.98 Å². The number of rotatable bonds is 4. The number of nitrogens with zero attached hydrogens (tertiary/aromatic N) is 1. The molecule has 1 N–H and O–H groups in total. The van der Waals surface area contributed by atoms with Gasteiger partial charge in [-0.25, -0.2) is 13.4 Å². The standard InChI is InChI=1S/C10H9NO5S/c12-10(13)6-17(14,15)5-9-11-7-3-1-2-4-8(7)16-9/h1-4H,5-6H2,(H,12,13). The van der Waals surface area contributed by atoms with Gasteiger partial charge >= 0.3 is 5.97 Å². The normalized spacial score (nSPS) is 11.8. The number of para-hydroxylation sites is 2. The third-order valence-electron chi connectivity index (χ3n) is 2.02. The zero-order valence-electron chi connectivity index (χ0n) is 8.66. The van der Waals surface area contributed by atoms with Crippen LogP contribution in [0.15, 0.2) is 28.7 Å². The molecule has 0 amide bonds. The van der Waals surface area contributed by atoms with Crippen molar-refractivity contribution < 1.29 is 22.7 Å². The zero-order chi connectivity index (χ0) is 12.5. The Morgan fingerprint density at radius 1 is 1.35 bits per heavy atom. The van der Waals surface area contributed by atoms with E-state index in [4.69, 9.17) is 9.52 Å². The van der Waals surface area contributed by atoms with E-state index in [1.807, 2.05) is 0 Å². The first-order valence-corrected chi connectivity index (χ1v) is 6.55. The average molecular weight is 255 g/mol. The number of oxazole rings is 1. The highest BCUT2D eigenvalue weighted by Gasteiger charge is 2.20. The maximum atomic E-state index is 11.4. The van der Waals surface area contributed by atoms with Crippen molar-refractivity contribution in [3.05, 3.63) is 30.2 Å². The molecule has 0 aliphatic carbocycles. The smallest absolute Gasteiger partial charge is 0.318 e. The summed E-state index contributed by atoms with van der Waals surface area (Å²) in [6.07, 6.45) is 0. The van der Waals surface area contributed by atoms with E-state index >= 15 is 0 Å². The first kappa shape index (κ1) is 11.6. The molecule has 0 fully saturated rings. The highest BCUT2D eigenvalue weighted by atomic mass is 32.2. The number of sulfone groups is 1. The Bertz CT molecular complexity index is 625. The first-order valence-electron chi connectivity index (χ1n) is 4.73. The Kier molecular flexibility index (Phi) is 2.84. The number of hydrogen-bond acceptors (Lipinski definition) is 5. The number of carboxylic acid groups (broad SMARTS) is 1. The summed E-state index contributed by atoms with van der Waals surface area (Å²) in [5, 5.41) is 8.44. The molecule has 6 nitrogen and oxygen atoms in total. The third-order valence-corrected chi connectivity index (χ3v) is 3.40. The summed E-state index contributed by atoms with van der Waals surface area (Å²) < 4.78 is 28.0. The van der Waals surface area contributed by atoms with Gasteiger partial charge in [-0.15, -0.1) is 0 Å². The first-order chi connectivity index (χ1) is 7.96. The molecule has 0 atom stereocenters. The summed E-state index contributed by atoms with van der Waals surface area (Å²) in [5.74, 6) is -2.81. The third kappa shape index (κ3) is 2.82. The minimum atomic E-state index is -3.74. The minimum absolute atomic E-state index is 0.00690. The van der Waals surface area contributed by atoms with Crippen molar-refractivity contribution in [3.63, 3.8) is 0 Å². The lowest BCUT2D eigenvalue weighted by molar-refractivity contribution is -0.134. The van der Waals surface area contributed by atoms with Gasteiger partial charge in [-0.3, -0.25) is 4.79 Å². The maximum Gasteiger partial charge on any atom is 0.318 e. The second-order valence-corrected chi connectivity index (χ2v) is 5.57. The molecular weight excluding hydrogens is 246 g/mol. The summed E-state index contributed by atoms with van der Waals surface area (Å²) in [5.41, 5.74) is 1.03. The van der Waals surface area contributed by atoms with Crippen molar-refractivity contribution in [1.82, 2.24) is 4.98 Å². The molecule has 0 spiro atoms. The molecule has 0 radical (unpaired) electrons. The molecule has 0 unspecified atom stereocenters. The largest absolute Gasteiger partial charge is 0.480 e. The molecule has 1 aromatic heterocycles. The topological polar surface area (TPSA) is 97.5 Å². The lowest BCUT2D eigenvalue weighted by atomic mass is 10.3. The molecule has 7 heteroatoms. The van der Waals surface area contributed by atoms with Gasteiger partial charge in [-0.05, 0) is 12.1 Å². The number of carboxylic acids is 1. The summed E-state index contributed by atoms with van der Waals surface area (Å²) in [6.45, 7) is 0. The molecular formula is C10H9NO5S. The van der Waals surface area contributed by atoms with E-state index < -0.39 is 27.3 Å². The highest BCUT2D eigenvalue weighted by molar-refractivity contribution is 7.91. The van der Waals surface area contributed by atoms with Crippen LogP contribution in [0.25, 0.3) is 11.1 Å². The fraction of sp³-hybridized carbons (Fsp3) is 0.200. The van der Waals surface area contributed by atoms with Crippen molar-refractivity contribution in [2.24, 2.45) is 0 Å². The van der Waals surface area contributed by atoms with Crippen molar-refractivity contribution in [1.29, 1.82) is 0 Å². The number of aliphatic carboxylic acids is 1. The van der Waals surface area contributed by atoms with E-state index in [1.165, 1.54) is 0 Å². The van der Waals surface area contributed by atoms with Crippen LogP contribution in [-0.4, -0.2) is 30.2 Å². The molecule has 0 saturated carbocycles. The molecule has 0 aliphatic rings. The molecule has 90 valence electrons. The monoisotopic (exact) mass is 255 g/mol. The van der Waals surface area contributed by atoms with Gasteiger partial charge in [-0.1, -0.05) is 12.1 Å². The molecule has 1 heterocycles. The molecule has 17 heavy (non-hydrogen) atoms. The van der Waals surface area contributed by atoms with Gasteiger partial charge in [-0.2, -0.15) is 0 Å². The van der Waals surface area contributed by atoms with Gasteiger partial charge in [0.25, 0.3) is 0 Å². The van der Waals surface area contributed by atoms with E-state index in [-0.39, 0.29) is 5.89 Å². The Labute approximate surface area is 96.8 Å². The number of fused-ring (bicyclic) bond motifs is 1. The van der Waals surface area contributed by atoms with E-state index in [1.54, 1.807) is 24.3 Å². The van der Waals surface area contributed by atoms with Crippen LogP contribution in [0.5, 0.6) is 0 Å². The van der Waals surface area contributed by atoms with Gasteiger partial charge in [0.05, 0.1) is 0 Å². The van der Waals surface area contributed by atoms with E-state index in [9.17, 15) is 13.2 Å². The van der Waals surface area contributed by atoms with Gasteiger partial charge in [0.15, 0.2) is 15.4 Å². The van der Waals surface area contributed by atoms with Crippen molar-refractivity contribution in [2.75, 3.05) is 5.75 Å². The summed E-state index contributed by atoms with van der Waals surface area (Å²) in [6, 6.07) is 6.84. The van der Waals surface area contributed by atoms with Crippen LogP contribution in [0.1, 0.15) is 5.89 Å².